The van der Waals surface area contributed by atoms with E-state index in [0.717, 1.165) is 5.56 Å². The van der Waals surface area contributed by atoms with Gasteiger partial charge in [-0.2, -0.15) is 0 Å². The second-order valence-corrected chi connectivity index (χ2v) is 5.84. The van der Waals surface area contributed by atoms with Gasteiger partial charge in [-0.1, -0.05) is 30.3 Å². The molecule has 1 aromatic heterocycles. The van der Waals surface area contributed by atoms with E-state index in [0.29, 0.717) is 25.3 Å². The summed E-state index contributed by atoms with van der Waals surface area (Å²) in [6, 6.07) is 13.2. The molecule has 2 aromatic rings. The van der Waals surface area contributed by atoms with Gasteiger partial charge in [-0.25, -0.2) is 4.79 Å². The van der Waals surface area contributed by atoms with Gasteiger partial charge in [0.25, 0.3) is 0 Å². The number of carbonyl (C=O) groups is 2. The lowest BCUT2D eigenvalue weighted by atomic mass is 10.1. The lowest BCUT2D eigenvalue weighted by molar-refractivity contribution is -0.128. The van der Waals surface area contributed by atoms with Crippen molar-refractivity contribution in [1.82, 2.24) is 4.90 Å². The molecular weight excluding hydrogens is 294 g/mol. The van der Waals surface area contributed by atoms with Gasteiger partial charge in [-0.15, -0.1) is 0 Å². The maximum absolute atomic E-state index is 12.1. The molecule has 1 aliphatic heterocycles. The fourth-order valence-corrected chi connectivity index (χ4v) is 2.73. The van der Waals surface area contributed by atoms with Crippen LogP contribution in [0.25, 0.3) is 0 Å². The molecule has 0 saturated carbocycles. The number of nitrogens with zero attached hydrogens (tertiary/aromatic N) is 1. The third-order valence-corrected chi connectivity index (χ3v) is 3.90. The highest BCUT2D eigenvalue weighted by atomic mass is 16.5. The topological polar surface area (TPSA) is 59.8 Å². The summed E-state index contributed by atoms with van der Waals surface area (Å²) in [7, 11) is 0. The van der Waals surface area contributed by atoms with Gasteiger partial charge >= 0.3 is 5.97 Å². The van der Waals surface area contributed by atoms with Gasteiger partial charge in [0.15, 0.2) is 0 Å². The van der Waals surface area contributed by atoms with Crippen LogP contribution in [0.2, 0.25) is 0 Å². The summed E-state index contributed by atoms with van der Waals surface area (Å²) in [5.41, 5.74) is 1.10. The van der Waals surface area contributed by atoms with Crippen LogP contribution < -0.4 is 0 Å². The normalized spacial score (nSPS) is 17.5. The molecule has 0 unspecified atom stereocenters. The smallest absolute Gasteiger partial charge is 0.374 e. The monoisotopic (exact) mass is 313 g/mol. The molecule has 2 heterocycles. The van der Waals surface area contributed by atoms with Crippen molar-refractivity contribution in [1.29, 1.82) is 0 Å². The SMILES string of the molecule is Cc1ccc(C(=O)OC[C@H]2CC(=O)N(Cc3ccccc3)C2)o1. The Morgan fingerprint density at radius 2 is 2.04 bits per heavy atom. The molecule has 3 rings (SSSR count). The van der Waals surface area contributed by atoms with Crippen LogP contribution >= 0.6 is 0 Å². The van der Waals surface area contributed by atoms with Crippen LogP contribution in [0.3, 0.4) is 0 Å². The summed E-state index contributed by atoms with van der Waals surface area (Å²) in [6.07, 6.45) is 0.414. The van der Waals surface area contributed by atoms with Crippen molar-refractivity contribution in [2.75, 3.05) is 13.2 Å². The number of likely N-dealkylation sites (tertiary alicyclic amines) is 1. The summed E-state index contributed by atoms with van der Waals surface area (Å²) >= 11 is 0. The highest BCUT2D eigenvalue weighted by Gasteiger charge is 2.30. The average Bonchev–Trinajstić information content (AvgIpc) is 3.13. The molecule has 0 N–H and O–H groups in total. The van der Waals surface area contributed by atoms with Gasteiger partial charge in [0.1, 0.15) is 5.76 Å². The average molecular weight is 313 g/mol. The van der Waals surface area contributed by atoms with Crippen molar-refractivity contribution in [2.24, 2.45) is 5.92 Å². The minimum absolute atomic E-state index is 0.0335. The van der Waals surface area contributed by atoms with Gasteiger partial charge in [0, 0.05) is 25.4 Å². The van der Waals surface area contributed by atoms with Crippen molar-refractivity contribution in [3.8, 4) is 0 Å². The molecule has 0 spiro atoms. The summed E-state index contributed by atoms with van der Waals surface area (Å²) in [4.78, 5) is 25.7. The van der Waals surface area contributed by atoms with Crippen molar-refractivity contribution in [2.45, 2.75) is 19.9 Å². The fraction of sp³-hybridized carbons (Fsp3) is 0.333. The number of amides is 1. The zero-order valence-electron chi connectivity index (χ0n) is 13.0. The number of aryl methyl sites for hydroxylation is 1. The minimum Gasteiger partial charge on any atom is -0.459 e. The number of esters is 1. The molecule has 5 heteroatoms. The van der Waals surface area contributed by atoms with Crippen LogP contribution in [0.15, 0.2) is 46.9 Å². The number of carbonyl (C=O) groups excluding carboxylic acids is 2. The Kier molecular flexibility index (Phi) is 4.46. The molecule has 0 radical (unpaired) electrons. The zero-order chi connectivity index (χ0) is 16.2. The van der Waals surface area contributed by atoms with Crippen LogP contribution in [-0.2, 0) is 16.1 Å². The second-order valence-electron chi connectivity index (χ2n) is 5.84. The highest BCUT2D eigenvalue weighted by molar-refractivity contribution is 5.86. The first-order valence-corrected chi connectivity index (χ1v) is 7.67. The second kappa shape index (κ2) is 6.69. The molecule has 0 bridgehead atoms. The number of furan rings is 1. The largest absolute Gasteiger partial charge is 0.459 e. The summed E-state index contributed by atoms with van der Waals surface area (Å²) in [5, 5.41) is 0. The maximum Gasteiger partial charge on any atom is 0.374 e. The van der Waals surface area contributed by atoms with Gasteiger partial charge in [-0.05, 0) is 24.6 Å². The molecule has 120 valence electrons. The molecular formula is C18H19NO4. The van der Waals surface area contributed by atoms with Gasteiger partial charge in [-0.3, -0.25) is 4.79 Å². The Morgan fingerprint density at radius 1 is 1.26 bits per heavy atom. The van der Waals surface area contributed by atoms with Crippen molar-refractivity contribution < 1.29 is 18.7 Å². The lowest BCUT2D eigenvalue weighted by Crippen LogP contribution is -2.25. The van der Waals surface area contributed by atoms with E-state index >= 15 is 0 Å². The van der Waals surface area contributed by atoms with Crippen LogP contribution in [-0.4, -0.2) is 29.9 Å². The first kappa shape index (κ1) is 15.3. The van der Waals surface area contributed by atoms with E-state index < -0.39 is 5.97 Å². The fourth-order valence-electron chi connectivity index (χ4n) is 2.73. The van der Waals surface area contributed by atoms with Crippen LogP contribution in [0.4, 0.5) is 0 Å². The molecule has 1 atom stereocenters. The van der Waals surface area contributed by atoms with E-state index in [2.05, 4.69) is 0 Å². The van der Waals surface area contributed by atoms with Crippen molar-refractivity contribution in [3.63, 3.8) is 0 Å². The quantitative estimate of drug-likeness (QED) is 0.796. The number of rotatable bonds is 5. The molecule has 1 amide bonds. The third kappa shape index (κ3) is 3.80. The highest BCUT2D eigenvalue weighted by Crippen LogP contribution is 2.21. The van der Waals surface area contributed by atoms with E-state index in [1.54, 1.807) is 19.1 Å². The minimum atomic E-state index is -0.480. The summed E-state index contributed by atoms with van der Waals surface area (Å²) in [6.45, 7) is 3.21. The van der Waals surface area contributed by atoms with E-state index in [9.17, 15) is 9.59 Å². The molecule has 0 aliphatic carbocycles. The lowest BCUT2D eigenvalue weighted by Gasteiger charge is -2.16. The van der Waals surface area contributed by atoms with Gasteiger partial charge in [0.2, 0.25) is 11.7 Å². The Morgan fingerprint density at radius 3 is 2.74 bits per heavy atom. The molecule has 1 saturated heterocycles. The zero-order valence-corrected chi connectivity index (χ0v) is 13.0. The van der Waals surface area contributed by atoms with E-state index in [1.807, 2.05) is 35.2 Å². The van der Waals surface area contributed by atoms with E-state index in [-0.39, 0.29) is 24.2 Å². The van der Waals surface area contributed by atoms with E-state index in [1.165, 1.54) is 0 Å². The van der Waals surface area contributed by atoms with E-state index in [4.69, 9.17) is 9.15 Å². The predicted molar refractivity (Wildman–Crippen MR) is 83.7 cm³/mol. The first-order valence-electron chi connectivity index (χ1n) is 7.67. The standard InChI is InChI=1S/C18H19NO4/c1-13-7-8-16(23-13)18(21)22-12-15-9-17(20)19(11-15)10-14-5-3-2-4-6-14/h2-8,15H,9-12H2,1H3/t15-/m0/s1. The molecule has 5 nitrogen and oxygen atoms in total. The predicted octanol–water partition coefficient (Wildman–Crippen LogP) is 2.79. The third-order valence-electron chi connectivity index (χ3n) is 3.90. The Balaban J connectivity index is 1.50. The van der Waals surface area contributed by atoms with Gasteiger partial charge < -0.3 is 14.1 Å². The molecule has 1 aromatic carbocycles. The molecule has 23 heavy (non-hydrogen) atoms. The van der Waals surface area contributed by atoms with Crippen LogP contribution in [0.5, 0.6) is 0 Å². The number of ether oxygens (including phenoxy) is 1. The van der Waals surface area contributed by atoms with Crippen LogP contribution in [0.1, 0.15) is 28.3 Å². The Bertz CT molecular complexity index is 692. The number of hydrogen-bond donors (Lipinski definition) is 0. The van der Waals surface area contributed by atoms with Gasteiger partial charge in [0.05, 0.1) is 6.61 Å². The Labute approximate surface area is 134 Å². The maximum atomic E-state index is 12.1. The van der Waals surface area contributed by atoms with Crippen LogP contribution in [0, 0.1) is 12.8 Å². The Hall–Kier alpha value is -2.56. The van der Waals surface area contributed by atoms with Crippen molar-refractivity contribution in [3.05, 3.63) is 59.5 Å². The van der Waals surface area contributed by atoms with Crippen molar-refractivity contribution >= 4 is 11.9 Å². The first-order chi connectivity index (χ1) is 11.1. The summed E-state index contributed by atoms with van der Waals surface area (Å²) in [5.74, 6) is 0.525. The molecule has 1 aliphatic rings. The number of benzene rings is 1. The summed E-state index contributed by atoms with van der Waals surface area (Å²) < 4.78 is 10.5. The number of hydrogen-bond acceptors (Lipinski definition) is 4. The molecule has 1 fully saturated rings.